The van der Waals surface area contributed by atoms with Crippen molar-refractivity contribution in [3.63, 3.8) is 0 Å². The summed E-state index contributed by atoms with van der Waals surface area (Å²) in [6.45, 7) is 1.16. The van der Waals surface area contributed by atoms with E-state index < -0.39 is 11.6 Å². The maximum absolute atomic E-state index is 13.8. The van der Waals surface area contributed by atoms with E-state index in [1.165, 1.54) is 6.20 Å². The quantitative estimate of drug-likeness (QED) is 0.618. The van der Waals surface area contributed by atoms with E-state index in [4.69, 9.17) is 15.3 Å². The summed E-state index contributed by atoms with van der Waals surface area (Å²) in [6.07, 6.45) is 4.06. The SMILES string of the molecule is COC1(C(NN)c2ccncc2F)CCOCC1. The molecule has 18 heavy (non-hydrogen) atoms. The van der Waals surface area contributed by atoms with Crippen LogP contribution in [0.15, 0.2) is 18.5 Å². The minimum atomic E-state index is -0.546. The lowest BCUT2D eigenvalue weighted by Crippen LogP contribution is -2.51. The van der Waals surface area contributed by atoms with Crippen molar-refractivity contribution in [2.75, 3.05) is 20.3 Å². The Morgan fingerprint density at radius 3 is 2.83 bits per heavy atom. The van der Waals surface area contributed by atoms with E-state index in [0.29, 0.717) is 31.6 Å². The topological polar surface area (TPSA) is 69.4 Å². The van der Waals surface area contributed by atoms with E-state index >= 15 is 0 Å². The third-order valence-electron chi connectivity index (χ3n) is 3.55. The molecule has 0 saturated carbocycles. The van der Waals surface area contributed by atoms with Gasteiger partial charge in [0.1, 0.15) is 5.82 Å². The van der Waals surface area contributed by atoms with Crippen LogP contribution in [0.4, 0.5) is 4.39 Å². The third kappa shape index (κ3) is 2.37. The summed E-state index contributed by atoms with van der Waals surface area (Å²) in [5.74, 6) is 5.22. The van der Waals surface area contributed by atoms with Gasteiger partial charge in [0.15, 0.2) is 0 Å². The number of hydrogen-bond donors (Lipinski definition) is 2. The maximum atomic E-state index is 13.8. The lowest BCUT2D eigenvalue weighted by molar-refractivity contribution is -0.112. The molecule has 5 nitrogen and oxygen atoms in total. The van der Waals surface area contributed by atoms with Gasteiger partial charge in [-0.05, 0) is 6.07 Å². The molecule has 0 spiro atoms. The summed E-state index contributed by atoms with van der Waals surface area (Å²) < 4.78 is 24.8. The summed E-state index contributed by atoms with van der Waals surface area (Å²) in [6, 6.07) is 1.20. The van der Waals surface area contributed by atoms with Crippen molar-refractivity contribution in [1.82, 2.24) is 10.4 Å². The molecule has 1 unspecified atom stereocenters. The fraction of sp³-hybridized carbons (Fsp3) is 0.583. The zero-order chi connectivity index (χ0) is 13.0. The summed E-state index contributed by atoms with van der Waals surface area (Å²) >= 11 is 0. The first-order valence-corrected chi connectivity index (χ1v) is 5.92. The zero-order valence-corrected chi connectivity index (χ0v) is 10.4. The highest BCUT2D eigenvalue weighted by molar-refractivity contribution is 5.21. The molecule has 2 heterocycles. The van der Waals surface area contributed by atoms with Crippen LogP contribution in [0.3, 0.4) is 0 Å². The number of methoxy groups -OCH3 is 1. The molecule has 0 aliphatic carbocycles. The Hall–Kier alpha value is -1.08. The largest absolute Gasteiger partial charge is 0.381 e. The molecule has 3 N–H and O–H groups in total. The monoisotopic (exact) mass is 255 g/mol. The van der Waals surface area contributed by atoms with Crippen LogP contribution in [0, 0.1) is 5.82 Å². The molecule has 1 saturated heterocycles. The number of rotatable bonds is 4. The first-order valence-electron chi connectivity index (χ1n) is 5.92. The molecular formula is C12H18FN3O2. The number of nitrogens with one attached hydrogen (secondary N) is 1. The van der Waals surface area contributed by atoms with E-state index in [1.54, 1.807) is 19.4 Å². The second-order valence-electron chi connectivity index (χ2n) is 4.38. The first kappa shape index (κ1) is 13.4. The van der Waals surface area contributed by atoms with Crippen LogP contribution in [-0.4, -0.2) is 30.9 Å². The molecule has 6 heteroatoms. The number of aromatic nitrogens is 1. The predicted molar refractivity (Wildman–Crippen MR) is 64.1 cm³/mol. The van der Waals surface area contributed by atoms with Crippen molar-refractivity contribution in [2.45, 2.75) is 24.5 Å². The number of halogens is 1. The van der Waals surface area contributed by atoms with Gasteiger partial charge >= 0.3 is 0 Å². The molecule has 0 aromatic carbocycles. The fourth-order valence-electron chi connectivity index (χ4n) is 2.47. The number of nitrogens with two attached hydrogens (primary N) is 1. The molecule has 1 aromatic rings. The normalized spacial score (nSPS) is 20.6. The second-order valence-corrected chi connectivity index (χ2v) is 4.38. The van der Waals surface area contributed by atoms with Crippen molar-refractivity contribution in [3.8, 4) is 0 Å². The molecule has 1 aliphatic rings. The molecule has 1 aliphatic heterocycles. The molecular weight excluding hydrogens is 237 g/mol. The van der Waals surface area contributed by atoms with Crippen molar-refractivity contribution >= 4 is 0 Å². The second kappa shape index (κ2) is 5.71. The molecule has 0 radical (unpaired) electrons. The van der Waals surface area contributed by atoms with Crippen LogP contribution >= 0.6 is 0 Å². The van der Waals surface area contributed by atoms with E-state index in [9.17, 15) is 4.39 Å². The van der Waals surface area contributed by atoms with Crippen LogP contribution in [-0.2, 0) is 9.47 Å². The van der Waals surface area contributed by atoms with Gasteiger partial charge in [-0.2, -0.15) is 0 Å². The van der Waals surface area contributed by atoms with Crippen LogP contribution in [0.25, 0.3) is 0 Å². The highest BCUT2D eigenvalue weighted by Crippen LogP contribution is 2.37. The molecule has 1 atom stereocenters. The molecule has 2 rings (SSSR count). The van der Waals surface area contributed by atoms with Gasteiger partial charge in [0, 0.05) is 44.9 Å². The van der Waals surface area contributed by atoms with E-state index in [-0.39, 0.29) is 5.82 Å². The Kier molecular flexibility index (Phi) is 4.23. The highest BCUT2D eigenvalue weighted by Gasteiger charge is 2.42. The lowest BCUT2D eigenvalue weighted by Gasteiger charge is -2.42. The van der Waals surface area contributed by atoms with Crippen molar-refractivity contribution in [1.29, 1.82) is 0 Å². The fourth-order valence-corrected chi connectivity index (χ4v) is 2.47. The number of pyridine rings is 1. The smallest absolute Gasteiger partial charge is 0.146 e. The standard InChI is InChI=1S/C12H18FN3O2/c1-17-12(3-6-18-7-4-12)11(16-14)9-2-5-15-8-10(9)13/h2,5,8,11,16H,3-4,6-7,14H2,1H3. The van der Waals surface area contributed by atoms with Gasteiger partial charge < -0.3 is 9.47 Å². The molecule has 1 fully saturated rings. The summed E-state index contributed by atoms with van der Waals surface area (Å²) in [5.41, 5.74) is 2.59. The molecule has 0 amide bonds. The van der Waals surface area contributed by atoms with E-state index in [2.05, 4.69) is 10.4 Å². The van der Waals surface area contributed by atoms with Gasteiger partial charge in [0.25, 0.3) is 0 Å². The van der Waals surface area contributed by atoms with Crippen molar-refractivity contribution < 1.29 is 13.9 Å². The van der Waals surface area contributed by atoms with Gasteiger partial charge in [0.05, 0.1) is 17.8 Å². The summed E-state index contributed by atoms with van der Waals surface area (Å²) in [4.78, 5) is 3.75. The van der Waals surface area contributed by atoms with Gasteiger partial charge in [-0.15, -0.1) is 0 Å². The van der Waals surface area contributed by atoms with E-state index in [1.807, 2.05) is 0 Å². The van der Waals surface area contributed by atoms with Gasteiger partial charge in [-0.1, -0.05) is 0 Å². The van der Waals surface area contributed by atoms with Gasteiger partial charge in [0.2, 0.25) is 0 Å². The van der Waals surface area contributed by atoms with Gasteiger partial charge in [-0.3, -0.25) is 10.8 Å². The lowest BCUT2D eigenvalue weighted by atomic mass is 9.82. The Balaban J connectivity index is 2.34. The summed E-state index contributed by atoms with van der Waals surface area (Å²) in [5, 5.41) is 0. The average Bonchev–Trinajstić information content (AvgIpc) is 2.43. The van der Waals surface area contributed by atoms with Crippen LogP contribution in [0.2, 0.25) is 0 Å². The highest BCUT2D eigenvalue weighted by atomic mass is 19.1. The maximum Gasteiger partial charge on any atom is 0.146 e. The molecule has 1 aromatic heterocycles. The third-order valence-corrected chi connectivity index (χ3v) is 3.55. The molecule has 100 valence electrons. The van der Waals surface area contributed by atoms with Crippen LogP contribution in [0.5, 0.6) is 0 Å². The van der Waals surface area contributed by atoms with Crippen molar-refractivity contribution in [2.24, 2.45) is 5.84 Å². The number of hydrazine groups is 1. The Bertz CT molecular complexity index is 397. The summed E-state index contributed by atoms with van der Waals surface area (Å²) in [7, 11) is 1.62. The predicted octanol–water partition coefficient (Wildman–Crippen LogP) is 0.921. The Labute approximate surface area is 105 Å². The van der Waals surface area contributed by atoms with E-state index in [0.717, 1.165) is 0 Å². The van der Waals surface area contributed by atoms with Crippen LogP contribution < -0.4 is 11.3 Å². The minimum absolute atomic E-state index is 0.386. The molecule has 0 bridgehead atoms. The zero-order valence-electron chi connectivity index (χ0n) is 10.4. The number of hydrogen-bond acceptors (Lipinski definition) is 5. The Morgan fingerprint density at radius 1 is 1.56 bits per heavy atom. The first-order chi connectivity index (χ1) is 8.73. The Morgan fingerprint density at radius 2 is 2.28 bits per heavy atom. The number of ether oxygens (including phenoxy) is 2. The van der Waals surface area contributed by atoms with Crippen LogP contribution in [0.1, 0.15) is 24.4 Å². The minimum Gasteiger partial charge on any atom is -0.381 e. The van der Waals surface area contributed by atoms with Crippen molar-refractivity contribution in [3.05, 3.63) is 29.8 Å². The van der Waals surface area contributed by atoms with Gasteiger partial charge in [-0.25, -0.2) is 9.82 Å². The number of nitrogens with zero attached hydrogens (tertiary/aromatic N) is 1. The average molecular weight is 255 g/mol.